The minimum absolute atomic E-state index is 0.0472. The van der Waals surface area contributed by atoms with Gasteiger partial charge in [0.2, 0.25) is 10.0 Å². The fraction of sp³-hybridized carbons (Fsp3) is 0.600. The third-order valence-corrected chi connectivity index (χ3v) is 6.04. The summed E-state index contributed by atoms with van der Waals surface area (Å²) in [6.07, 6.45) is 1.83. The average Bonchev–Trinajstić information content (AvgIpc) is 2.45. The lowest BCUT2D eigenvalue weighted by Gasteiger charge is -2.35. The van der Waals surface area contributed by atoms with Crippen LogP contribution in [0.3, 0.4) is 0 Å². The molecule has 1 aliphatic rings. The van der Waals surface area contributed by atoms with Crippen molar-refractivity contribution >= 4 is 21.6 Å². The van der Waals surface area contributed by atoms with Crippen molar-refractivity contribution in [1.29, 1.82) is 0 Å². The molecule has 0 bridgehead atoms. The highest BCUT2D eigenvalue weighted by atomic mass is 35.5. The maximum absolute atomic E-state index is 12.7. The molecule has 1 aliphatic heterocycles. The van der Waals surface area contributed by atoms with Crippen molar-refractivity contribution in [1.82, 2.24) is 4.31 Å². The lowest BCUT2D eigenvalue weighted by atomic mass is 9.95. The van der Waals surface area contributed by atoms with Crippen molar-refractivity contribution in [2.75, 3.05) is 19.0 Å². The van der Waals surface area contributed by atoms with Gasteiger partial charge >= 0.3 is 0 Å². The number of ether oxygens (including phenoxy) is 1. The van der Waals surface area contributed by atoms with E-state index in [1.54, 1.807) is 28.6 Å². The number of sulfonamides is 1. The molecule has 118 valence electrons. The Morgan fingerprint density at radius 2 is 1.95 bits per heavy atom. The number of nitrogens with zero attached hydrogens (tertiary/aromatic N) is 1. The molecular weight excluding hydrogens is 310 g/mol. The Kier molecular flexibility index (Phi) is 5.52. The quantitative estimate of drug-likeness (QED) is 0.779. The van der Waals surface area contributed by atoms with E-state index < -0.39 is 10.0 Å². The van der Waals surface area contributed by atoms with Crippen LogP contribution in [0.5, 0.6) is 5.75 Å². The number of piperidine rings is 1. The fourth-order valence-electron chi connectivity index (χ4n) is 2.74. The first-order valence-corrected chi connectivity index (χ1v) is 9.23. The molecule has 4 nitrogen and oxygen atoms in total. The first-order valence-electron chi connectivity index (χ1n) is 7.26. The molecule has 1 saturated heterocycles. The zero-order valence-corrected chi connectivity index (χ0v) is 14.0. The summed E-state index contributed by atoms with van der Waals surface area (Å²) in [6.45, 7) is 5.15. The Morgan fingerprint density at radius 3 is 2.52 bits per heavy atom. The number of rotatable bonds is 5. The lowest BCUT2D eigenvalue weighted by Crippen LogP contribution is -2.44. The second kappa shape index (κ2) is 6.99. The summed E-state index contributed by atoms with van der Waals surface area (Å²) in [5, 5.41) is 0. The van der Waals surface area contributed by atoms with Crippen LogP contribution in [0.25, 0.3) is 0 Å². The van der Waals surface area contributed by atoms with E-state index in [-0.39, 0.29) is 6.04 Å². The van der Waals surface area contributed by atoms with E-state index in [9.17, 15) is 8.42 Å². The molecule has 2 rings (SSSR count). The van der Waals surface area contributed by atoms with E-state index in [2.05, 4.69) is 6.92 Å². The molecule has 0 amide bonds. The molecule has 1 aromatic rings. The van der Waals surface area contributed by atoms with Crippen LogP contribution in [0, 0.1) is 5.92 Å². The van der Waals surface area contributed by atoms with Crippen LogP contribution in [-0.2, 0) is 10.0 Å². The van der Waals surface area contributed by atoms with Crippen molar-refractivity contribution in [3.63, 3.8) is 0 Å². The molecule has 0 saturated carbocycles. The van der Waals surface area contributed by atoms with Crippen molar-refractivity contribution in [2.24, 2.45) is 5.92 Å². The topological polar surface area (TPSA) is 46.6 Å². The van der Waals surface area contributed by atoms with Gasteiger partial charge in [0.05, 0.1) is 10.8 Å². The zero-order valence-electron chi connectivity index (χ0n) is 12.5. The number of halogens is 1. The Hall–Kier alpha value is -0.780. The second-order valence-electron chi connectivity index (χ2n) is 5.60. The van der Waals surface area contributed by atoms with Crippen LogP contribution in [-0.4, -0.2) is 37.8 Å². The number of benzene rings is 1. The number of hydrogen-bond donors (Lipinski definition) is 0. The van der Waals surface area contributed by atoms with Gasteiger partial charge in [-0.2, -0.15) is 4.31 Å². The molecule has 2 unspecified atom stereocenters. The van der Waals surface area contributed by atoms with Crippen LogP contribution < -0.4 is 4.74 Å². The van der Waals surface area contributed by atoms with Gasteiger partial charge in [0.15, 0.2) is 0 Å². The molecule has 21 heavy (non-hydrogen) atoms. The van der Waals surface area contributed by atoms with Crippen molar-refractivity contribution in [3.8, 4) is 5.75 Å². The highest BCUT2D eigenvalue weighted by Crippen LogP contribution is 2.28. The van der Waals surface area contributed by atoms with Gasteiger partial charge in [0.1, 0.15) is 12.4 Å². The van der Waals surface area contributed by atoms with E-state index in [1.807, 2.05) is 6.92 Å². The molecule has 2 atom stereocenters. The number of alkyl halides is 1. The predicted molar refractivity (Wildman–Crippen MR) is 84.4 cm³/mol. The van der Waals surface area contributed by atoms with E-state index in [1.165, 1.54) is 0 Å². The Labute approximate surface area is 132 Å². The van der Waals surface area contributed by atoms with Crippen LogP contribution in [0.2, 0.25) is 0 Å². The molecule has 6 heteroatoms. The molecule has 0 radical (unpaired) electrons. The maximum atomic E-state index is 12.7. The SMILES string of the molecule is CC1CCN(S(=O)(=O)c2ccc(OCCCl)cc2)C(C)C1. The molecule has 0 spiro atoms. The molecule has 1 heterocycles. The highest BCUT2D eigenvalue weighted by molar-refractivity contribution is 7.89. The summed E-state index contributed by atoms with van der Waals surface area (Å²) in [4.78, 5) is 0.321. The Morgan fingerprint density at radius 1 is 1.29 bits per heavy atom. The summed E-state index contributed by atoms with van der Waals surface area (Å²) < 4.78 is 32.4. The van der Waals surface area contributed by atoms with E-state index in [0.29, 0.717) is 35.6 Å². The normalized spacial score (nSPS) is 24.0. The fourth-order valence-corrected chi connectivity index (χ4v) is 4.48. The van der Waals surface area contributed by atoms with Crippen LogP contribution in [0.1, 0.15) is 26.7 Å². The van der Waals surface area contributed by atoms with Gasteiger partial charge in [-0.15, -0.1) is 11.6 Å². The van der Waals surface area contributed by atoms with Gasteiger partial charge in [0, 0.05) is 12.6 Å². The molecule has 0 N–H and O–H groups in total. The zero-order chi connectivity index (χ0) is 15.5. The third-order valence-electron chi connectivity index (χ3n) is 3.85. The second-order valence-corrected chi connectivity index (χ2v) is 7.87. The standard InChI is InChI=1S/C15H22ClNO3S/c1-12-7-9-17(13(2)11-12)21(18,19)15-5-3-14(4-6-15)20-10-8-16/h3-6,12-13H,7-11H2,1-2H3. The van der Waals surface area contributed by atoms with E-state index in [4.69, 9.17) is 16.3 Å². The maximum Gasteiger partial charge on any atom is 0.243 e. The summed E-state index contributed by atoms with van der Waals surface area (Å²) in [6, 6.07) is 6.60. The van der Waals surface area contributed by atoms with Gasteiger partial charge in [-0.1, -0.05) is 6.92 Å². The van der Waals surface area contributed by atoms with Crippen LogP contribution in [0.15, 0.2) is 29.2 Å². The summed E-state index contributed by atoms with van der Waals surface area (Å²) in [5.74, 6) is 1.62. The van der Waals surface area contributed by atoms with Crippen molar-refractivity contribution in [2.45, 2.75) is 37.6 Å². The van der Waals surface area contributed by atoms with E-state index in [0.717, 1.165) is 12.8 Å². The number of hydrogen-bond acceptors (Lipinski definition) is 3. The third kappa shape index (κ3) is 3.90. The molecular formula is C15H22ClNO3S. The van der Waals surface area contributed by atoms with Gasteiger partial charge < -0.3 is 4.74 Å². The average molecular weight is 332 g/mol. The van der Waals surface area contributed by atoms with Crippen LogP contribution in [0.4, 0.5) is 0 Å². The van der Waals surface area contributed by atoms with Gasteiger partial charge in [0.25, 0.3) is 0 Å². The largest absolute Gasteiger partial charge is 0.492 e. The summed E-state index contributed by atoms with van der Waals surface area (Å²) in [7, 11) is -3.42. The molecule has 0 aliphatic carbocycles. The summed E-state index contributed by atoms with van der Waals surface area (Å²) in [5.41, 5.74) is 0. The Balaban J connectivity index is 2.15. The molecule has 1 aromatic carbocycles. The lowest BCUT2D eigenvalue weighted by molar-refractivity contribution is 0.220. The van der Waals surface area contributed by atoms with Crippen LogP contribution >= 0.6 is 11.6 Å². The minimum Gasteiger partial charge on any atom is -0.492 e. The predicted octanol–water partition coefficient (Wildman–Crippen LogP) is 3.11. The van der Waals surface area contributed by atoms with Gasteiger partial charge in [-0.05, 0) is 49.9 Å². The van der Waals surface area contributed by atoms with Crippen molar-refractivity contribution in [3.05, 3.63) is 24.3 Å². The van der Waals surface area contributed by atoms with E-state index >= 15 is 0 Å². The van der Waals surface area contributed by atoms with Gasteiger partial charge in [-0.3, -0.25) is 0 Å². The smallest absolute Gasteiger partial charge is 0.243 e. The molecule has 0 aromatic heterocycles. The monoisotopic (exact) mass is 331 g/mol. The van der Waals surface area contributed by atoms with Crippen molar-refractivity contribution < 1.29 is 13.2 Å². The van der Waals surface area contributed by atoms with Gasteiger partial charge in [-0.25, -0.2) is 8.42 Å². The minimum atomic E-state index is -3.42. The molecule has 1 fully saturated rings. The highest BCUT2D eigenvalue weighted by Gasteiger charge is 2.33. The Bertz CT molecular complexity index is 559. The first-order chi connectivity index (χ1) is 9.95. The first kappa shape index (κ1) is 16.6. The summed E-state index contributed by atoms with van der Waals surface area (Å²) >= 11 is 5.56.